The van der Waals surface area contributed by atoms with Crippen LogP contribution in [0.4, 0.5) is 0 Å². The highest BCUT2D eigenvalue weighted by molar-refractivity contribution is 6.01. The van der Waals surface area contributed by atoms with Gasteiger partial charge in [0.25, 0.3) is 5.91 Å². The highest BCUT2D eigenvalue weighted by atomic mass is 16.5. The van der Waals surface area contributed by atoms with Gasteiger partial charge in [-0.05, 0) is 51.0 Å². The molecule has 2 aromatic rings. The van der Waals surface area contributed by atoms with Gasteiger partial charge in [0.15, 0.2) is 11.5 Å². The molecule has 1 aromatic heterocycles. The van der Waals surface area contributed by atoms with Crippen molar-refractivity contribution in [1.82, 2.24) is 14.9 Å². The molecule has 6 heteroatoms. The van der Waals surface area contributed by atoms with Gasteiger partial charge in [-0.1, -0.05) is 30.3 Å². The first-order chi connectivity index (χ1) is 14.4. The normalized spacial score (nSPS) is 23.4. The number of aromatic amines is 1. The molecule has 4 rings (SSSR count). The molecule has 1 aliphatic carbocycles. The van der Waals surface area contributed by atoms with E-state index in [2.05, 4.69) is 34.2 Å². The maximum absolute atomic E-state index is 13.4. The molecule has 1 fully saturated rings. The number of benzene rings is 1. The van der Waals surface area contributed by atoms with E-state index in [9.17, 15) is 9.59 Å². The number of allylic oxidation sites excluding steroid dienone is 1. The van der Waals surface area contributed by atoms with Crippen LogP contribution in [-0.2, 0) is 20.9 Å². The number of ether oxygens (including phenoxy) is 1. The van der Waals surface area contributed by atoms with Gasteiger partial charge in [0.1, 0.15) is 11.4 Å². The number of imidazole rings is 1. The number of aromatic nitrogens is 2. The Morgan fingerprint density at radius 3 is 2.57 bits per heavy atom. The lowest BCUT2D eigenvalue weighted by molar-refractivity contribution is -0.141. The van der Waals surface area contributed by atoms with E-state index < -0.39 is 5.60 Å². The number of H-pyrrole nitrogens is 1. The standard InChI is InChI=1S/C24H29N3O3/c1-24(2)15-20(28)14-21(30-24)23(29)27(16-22-25-12-13-26-22)19-10-8-18(9-11-19)17-6-4-3-5-7-17/h3-7,12-14,18-19H,8-11,15-16H2,1-2H3,(H,25,26). The Labute approximate surface area is 177 Å². The zero-order valence-electron chi connectivity index (χ0n) is 17.6. The van der Waals surface area contributed by atoms with Crippen molar-refractivity contribution < 1.29 is 14.3 Å². The lowest BCUT2D eigenvalue weighted by Crippen LogP contribution is -2.45. The van der Waals surface area contributed by atoms with Crippen LogP contribution in [0, 0.1) is 0 Å². The zero-order chi connectivity index (χ0) is 21.1. The first kappa shape index (κ1) is 20.4. The van der Waals surface area contributed by atoms with Gasteiger partial charge in [0.05, 0.1) is 6.54 Å². The van der Waals surface area contributed by atoms with E-state index in [-0.39, 0.29) is 29.9 Å². The van der Waals surface area contributed by atoms with Crippen LogP contribution in [0.1, 0.15) is 63.3 Å². The molecule has 0 spiro atoms. The quantitative estimate of drug-likeness (QED) is 0.809. The number of hydrogen-bond donors (Lipinski definition) is 1. The molecule has 0 saturated heterocycles. The van der Waals surface area contributed by atoms with E-state index in [0.717, 1.165) is 31.5 Å². The molecule has 1 N–H and O–H groups in total. The van der Waals surface area contributed by atoms with E-state index in [1.54, 1.807) is 12.4 Å². The maximum atomic E-state index is 13.4. The average Bonchev–Trinajstić information content (AvgIpc) is 3.24. The van der Waals surface area contributed by atoms with Crippen LogP contribution in [0.5, 0.6) is 0 Å². The molecular weight excluding hydrogens is 378 g/mol. The summed E-state index contributed by atoms with van der Waals surface area (Å²) in [5.41, 5.74) is 0.698. The Bertz CT molecular complexity index is 910. The summed E-state index contributed by atoms with van der Waals surface area (Å²) in [6.07, 6.45) is 8.97. The van der Waals surface area contributed by atoms with Gasteiger partial charge in [-0.15, -0.1) is 0 Å². The first-order valence-electron chi connectivity index (χ1n) is 10.7. The second kappa shape index (κ2) is 8.46. The molecule has 1 aromatic carbocycles. The molecule has 2 heterocycles. The summed E-state index contributed by atoms with van der Waals surface area (Å²) in [4.78, 5) is 34.8. The smallest absolute Gasteiger partial charge is 0.289 e. The minimum atomic E-state index is -0.669. The van der Waals surface area contributed by atoms with Crippen molar-refractivity contribution in [3.05, 3.63) is 65.9 Å². The molecule has 0 unspecified atom stereocenters. The topological polar surface area (TPSA) is 75.3 Å². The number of hydrogen-bond acceptors (Lipinski definition) is 4. The van der Waals surface area contributed by atoms with E-state index >= 15 is 0 Å². The van der Waals surface area contributed by atoms with Crippen molar-refractivity contribution in [3.8, 4) is 0 Å². The Balaban J connectivity index is 1.52. The van der Waals surface area contributed by atoms with Crippen LogP contribution in [0.25, 0.3) is 0 Å². The Morgan fingerprint density at radius 1 is 1.20 bits per heavy atom. The van der Waals surface area contributed by atoms with Gasteiger partial charge in [-0.2, -0.15) is 0 Å². The number of amides is 1. The number of carbonyl (C=O) groups is 2. The first-order valence-corrected chi connectivity index (χ1v) is 10.7. The molecule has 0 atom stereocenters. The molecular formula is C24H29N3O3. The summed E-state index contributed by atoms with van der Waals surface area (Å²) in [5, 5.41) is 0. The molecule has 1 saturated carbocycles. The number of ketones is 1. The summed E-state index contributed by atoms with van der Waals surface area (Å²) in [5.74, 6) is 1.10. The number of rotatable bonds is 5. The van der Waals surface area contributed by atoms with Gasteiger partial charge in [0, 0.05) is 30.9 Å². The van der Waals surface area contributed by atoms with Crippen LogP contribution in [0.15, 0.2) is 54.6 Å². The molecule has 2 aliphatic rings. The second-order valence-electron chi connectivity index (χ2n) is 8.90. The Hall–Kier alpha value is -2.89. The summed E-state index contributed by atoms with van der Waals surface area (Å²) >= 11 is 0. The van der Waals surface area contributed by atoms with Crippen LogP contribution in [0.2, 0.25) is 0 Å². The van der Waals surface area contributed by atoms with Crippen LogP contribution < -0.4 is 0 Å². The largest absolute Gasteiger partial charge is 0.481 e. The van der Waals surface area contributed by atoms with Crippen LogP contribution in [-0.4, -0.2) is 38.2 Å². The van der Waals surface area contributed by atoms with Crippen molar-refractivity contribution in [3.63, 3.8) is 0 Å². The third kappa shape index (κ3) is 4.64. The van der Waals surface area contributed by atoms with E-state index in [4.69, 9.17) is 4.74 Å². The van der Waals surface area contributed by atoms with Crippen LogP contribution >= 0.6 is 0 Å². The van der Waals surface area contributed by atoms with Crippen LogP contribution in [0.3, 0.4) is 0 Å². The SMILES string of the molecule is CC1(C)CC(=O)C=C(C(=O)N(Cc2ncc[nH]2)C2CCC(c3ccccc3)CC2)O1. The average molecular weight is 408 g/mol. The summed E-state index contributed by atoms with van der Waals surface area (Å²) in [7, 11) is 0. The minimum Gasteiger partial charge on any atom is -0.481 e. The lowest BCUT2D eigenvalue weighted by atomic mass is 9.81. The fourth-order valence-corrected chi connectivity index (χ4v) is 4.59. The van der Waals surface area contributed by atoms with E-state index in [1.807, 2.05) is 24.8 Å². The molecule has 1 aliphatic heterocycles. The monoisotopic (exact) mass is 407 g/mol. The molecule has 1 amide bonds. The van der Waals surface area contributed by atoms with Crippen molar-refractivity contribution in [2.45, 2.75) is 70.1 Å². The predicted molar refractivity (Wildman–Crippen MR) is 113 cm³/mol. The summed E-state index contributed by atoms with van der Waals surface area (Å²) in [6.45, 7) is 4.06. The molecule has 158 valence electrons. The molecule has 0 radical (unpaired) electrons. The van der Waals surface area contributed by atoms with E-state index in [0.29, 0.717) is 12.5 Å². The highest BCUT2D eigenvalue weighted by Gasteiger charge is 2.37. The Morgan fingerprint density at radius 2 is 1.93 bits per heavy atom. The van der Waals surface area contributed by atoms with Gasteiger partial charge in [0.2, 0.25) is 0 Å². The summed E-state index contributed by atoms with van der Waals surface area (Å²) in [6, 6.07) is 10.7. The summed E-state index contributed by atoms with van der Waals surface area (Å²) < 4.78 is 5.91. The fraction of sp³-hybridized carbons (Fsp3) is 0.458. The van der Waals surface area contributed by atoms with Crippen molar-refractivity contribution in [1.29, 1.82) is 0 Å². The number of carbonyl (C=O) groups excluding carboxylic acids is 2. The zero-order valence-corrected chi connectivity index (χ0v) is 17.6. The second-order valence-corrected chi connectivity index (χ2v) is 8.90. The van der Waals surface area contributed by atoms with Gasteiger partial charge < -0.3 is 14.6 Å². The maximum Gasteiger partial charge on any atom is 0.289 e. The van der Waals surface area contributed by atoms with E-state index in [1.165, 1.54) is 11.6 Å². The van der Waals surface area contributed by atoms with Crippen molar-refractivity contribution in [2.75, 3.05) is 0 Å². The number of nitrogens with zero attached hydrogens (tertiary/aromatic N) is 2. The third-order valence-corrected chi connectivity index (χ3v) is 6.03. The molecule has 30 heavy (non-hydrogen) atoms. The number of nitrogens with one attached hydrogen (secondary N) is 1. The van der Waals surface area contributed by atoms with Gasteiger partial charge >= 0.3 is 0 Å². The van der Waals surface area contributed by atoms with Crippen molar-refractivity contribution in [2.24, 2.45) is 0 Å². The van der Waals surface area contributed by atoms with Gasteiger partial charge in [-0.25, -0.2) is 4.98 Å². The molecule has 0 bridgehead atoms. The van der Waals surface area contributed by atoms with Gasteiger partial charge in [-0.3, -0.25) is 9.59 Å². The lowest BCUT2D eigenvalue weighted by Gasteiger charge is -2.38. The minimum absolute atomic E-state index is 0.0691. The third-order valence-electron chi connectivity index (χ3n) is 6.03. The fourth-order valence-electron chi connectivity index (χ4n) is 4.59. The predicted octanol–water partition coefficient (Wildman–Crippen LogP) is 4.12. The molecule has 6 nitrogen and oxygen atoms in total. The highest BCUT2D eigenvalue weighted by Crippen LogP contribution is 2.36. The Kier molecular flexibility index (Phi) is 5.75. The van der Waals surface area contributed by atoms with Crippen molar-refractivity contribution >= 4 is 11.7 Å².